The second-order valence-corrected chi connectivity index (χ2v) is 8.99. The normalized spacial score (nSPS) is 17.3. The highest BCUT2D eigenvalue weighted by Gasteiger charge is 2.31. The molecule has 1 aliphatic rings. The van der Waals surface area contributed by atoms with Gasteiger partial charge >= 0.3 is 0 Å². The molecule has 0 radical (unpaired) electrons. The van der Waals surface area contributed by atoms with Crippen LogP contribution in [0.4, 0.5) is 0 Å². The van der Waals surface area contributed by atoms with Crippen molar-refractivity contribution in [1.29, 1.82) is 0 Å². The molecule has 0 bridgehead atoms. The van der Waals surface area contributed by atoms with E-state index in [0.29, 0.717) is 5.03 Å². The second kappa shape index (κ2) is 8.30. The van der Waals surface area contributed by atoms with Gasteiger partial charge in [-0.3, -0.25) is 19.3 Å². The van der Waals surface area contributed by atoms with Gasteiger partial charge in [-0.15, -0.1) is 0 Å². The number of hydrogen-bond acceptors (Lipinski definition) is 4. The van der Waals surface area contributed by atoms with Gasteiger partial charge in [-0.1, -0.05) is 50.7 Å². The minimum Gasteiger partial charge on any atom is -0.348 e. The van der Waals surface area contributed by atoms with Crippen LogP contribution < -0.4 is 5.32 Å². The predicted octanol–water partition coefficient (Wildman–Crippen LogP) is 3.51. The third kappa shape index (κ3) is 5.45. The molecule has 1 aliphatic heterocycles. The third-order valence-electron chi connectivity index (χ3n) is 4.61. The van der Waals surface area contributed by atoms with Crippen molar-refractivity contribution in [3.05, 3.63) is 46.0 Å². The fraction of sp³-hybridized carbons (Fsp3) is 0.476. The maximum Gasteiger partial charge on any atom is 0.240 e. The van der Waals surface area contributed by atoms with Crippen molar-refractivity contribution in [2.45, 2.75) is 47.6 Å². The Balaban J connectivity index is 2.06. The van der Waals surface area contributed by atoms with Gasteiger partial charge in [0, 0.05) is 11.5 Å². The van der Waals surface area contributed by atoms with E-state index in [0.717, 1.165) is 5.56 Å². The number of carbonyl (C=O) groups is 3. The number of nitrogens with zero attached hydrogens (tertiary/aromatic N) is 1. The summed E-state index contributed by atoms with van der Waals surface area (Å²) in [6.45, 7) is 11.4. The lowest BCUT2D eigenvalue weighted by molar-refractivity contribution is -0.131. The van der Waals surface area contributed by atoms with Crippen LogP contribution in [0.5, 0.6) is 0 Å². The molecule has 1 atom stereocenters. The first-order valence-corrected chi connectivity index (χ1v) is 10.0. The Morgan fingerprint density at radius 3 is 2.52 bits per heavy atom. The molecule has 1 saturated heterocycles. The lowest BCUT2D eigenvalue weighted by Crippen LogP contribution is -2.38. The number of rotatable bonds is 5. The van der Waals surface area contributed by atoms with E-state index >= 15 is 0 Å². The molecule has 0 saturated carbocycles. The number of hydrogen-bond donors (Lipinski definition) is 1. The van der Waals surface area contributed by atoms with Gasteiger partial charge < -0.3 is 5.32 Å². The molecule has 1 aromatic rings. The van der Waals surface area contributed by atoms with Crippen LogP contribution in [0.2, 0.25) is 0 Å². The average molecular weight is 389 g/mol. The van der Waals surface area contributed by atoms with E-state index in [2.05, 4.69) is 11.4 Å². The SMILES string of the molecule is Cc1ccc(C(C)NC(=O)CN2C(=O)CS/C2=C\C(=O)C(C)(C)C)cc1C. The average Bonchev–Trinajstić information content (AvgIpc) is 2.89. The fourth-order valence-corrected chi connectivity index (χ4v) is 3.52. The summed E-state index contributed by atoms with van der Waals surface area (Å²) in [5.74, 6) is -0.204. The standard InChI is InChI=1S/C21H28N2O3S/c1-13-7-8-16(9-14(13)2)15(3)22-18(25)11-23-19(26)12-27-20(23)10-17(24)21(4,5)6/h7-10,15H,11-12H2,1-6H3,(H,22,25)/b20-10-. The van der Waals surface area contributed by atoms with Crippen LogP contribution in [0.3, 0.4) is 0 Å². The van der Waals surface area contributed by atoms with Crippen LogP contribution in [0.1, 0.15) is 50.4 Å². The molecule has 5 nitrogen and oxygen atoms in total. The topological polar surface area (TPSA) is 66.5 Å². The van der Waals surface area contributed by atoms with Crippen LogP contribution in [0.15, 0.2) is 29.3 Å². The summed E-state index contributed by atoms with van der Waals surface area (Å²) in [6.07, 6.45) is 1.48. The lowest BCUT2D eigenvalue weighted by atomic mass is 9.91. The van der Waals surface area contributed by atoms with E-state index in [1.807, 2.05) is 53.7 Å². The molecule has 1 aromatic carbocycles. The number of allylic oxidation sites excluding steroid dienone is 1. The van der Waals surface area contributed by atoms with E-state index in [9.17, 15) is 14.4 Å². The number of ketones is 1. The molecule has 6 heteroatoms. The molecule has 1 heterocycles. The smallest absolute Gasteiger partial charge is 0.240 e. The Kier molecular flexibility index (Phi) is 6.52. The quantitative estimate of drug-likeness (QED) is 0.784. The van der Waals surface area contributed by atoms with Crippen LogP contribution in [0.25, 0.3) is 0 Å². The molecule has 146 valence electrons. The lowest BCUT2D eigenvalue weighted by Gasteiger charge is -2.21. The van der Waals surface area contributed by atoms with Gasteiger partial charge in [0.05, 0.1) is 16.8 Å². The van der Waals surface area contributed by atoms with Crippen molar-refractivity contribution >= 4 is 29.4 Å². The Bertz CT molecular complexity index is 793. The van der Waals surface area contributed by atoms with Gasteiger partial charge in [0.15, 0.2) is 5.78 Å². The van der Waals surface area contributed by atoms with Crippen molar-refractivity contribution < 1.29 is 14.4 Å². The number of aryl methyl sites for hydroxylation is 2. The minimum absolute atomic E-state index is 0.0615. The largest absolute Gasteiger partial charge is 0.348 e. The van der Waals surface area contributed by atoms with Gasteiger partial charge in [0.25, 0.3) is 0 Å². The van der Waals surface area contributed by atoms with Gasteiger partial charge in [0.1, 0.15) is 6.54 Å². The fourth-order valence-electron chi connectivity index (χ4n) is 2.58. The Labute approximate surface area is 165 Å². The monoisotopic (exact) mass is 388 g/mol. The summed E-state index contributed by atoms with van der Waals surface area (Å²) >= 11 is 1.30. The summed E-state index contributed by atoms with van der Waals surface area (Å²) in [5.41, 5.74) is 2.87. The summed E-state index contributed by atoms with van der Waals surface area (Å²) in [5, 5.41) is 3.49. The van der Waals surface area contributed by atoms with E-state index in [4.69, 9.17) is 0 Å². The van der Waals surface area contributed by atoms with E-state index in [-0.39, 0.29) is 35.9 Å². The van der Waals surface area contributed by atoms with Crippen LogP contribution in [0, 0.1) is 19.3 Å². The van der Waals surface area contributed by atoms with Crippen molar-refractivity contribution in [3.8, 4) is 0 Å². The highest BCUT2D eigenvalue weighted by molar-refractivity contribution is 8.04. The minimum atomic E-state index is -0.523. The zero-order valence-corrected chi connectivity index (χ0v) is 17.7. The first-order valence-electron chi connectivity index (χ1n) is 9.05. The Morgan fingerprint density at radius 1 is 1.26 bits per heavy atom. The Morgan fingerprint density at radius 2 is 1.93 bits per heavy atom. The predicted molar refractivity (Wildman–Crippen MR) is 109 cm³/mol. The number of benzene rings is 1. The number of carbonyl (C=O) groups excluding carboxylic acids is 3. The van der Waals surface area contributed by atoms with Crippen LogP contribution >= 0.6 is 11.8 Å². The van der Waals surface area contributed by atoms with Gasteiger partial charge in [-0.05, 0) is 37.5 Å². The van der Waals surface area contributed by atoms with Crippen LogP contribution in [-0.2, 0) is 14.4 Å². The zero-order valence-electron chi connectivity index (χ0n) is 16.9. The molecule has 1 unspecified atom stereocenters. The van der Waals surface area contributed by atoms with Crippen molar-refractivity contribution in [3.63, 3.8) is 0 Å². The molecule has 0 aromatic heterocycles. The number of nitrogens with one attached hydrogen (secondary N) is 1. The van der Waals surface area contributed by atoms with Crippen LogP contribution in [-0.4, -0.2) is 34.8 Å². The first kappa shape index (κ1) is 21.2. The highest BCUT2D eigenvalue weighted by Crippen LogP contribution is 2.30. The molecular weight excluding hydrogens is 360 g/mol. The maximum atomic E-state index is 12.5. The number of amides is 2. The molecular formula is C21H28N2O3S. The molecule has 1 N–H and O–H groups in total. The van der Waals surface area contributed by atoms with Crippen molar-refractivity contribution in [2.75, 3.05) is 12.3 Å². The molecule has 27 heavy (non-hydrogen) atoms. The maximum absolute atomic E-state index is 12.5. The second-order valence-electron chi connectivity index (χ2n) is 8.00. The first-order chi connectivity index (χ1) is 12.5. The molecule has 1 fully saturated rings. The van der Waals surface area contributed by atoms with E-state index in [1.165, 1.54) is 33.9 Å². The molecule has 0 spiro atoms. The van der Waals surface area contributed by atoms with Gasteiger partial charge in [-0.25, -0.2) is 0 Å². The van der Waals surface area contributed by atoms with Crippen molar-refractivity contribution in [2.24, 2.45) is 5.41 Å². The van der Waals surface area contributed by atoms with Crippen molar-refractivity contribution in [1.82, 2.24) is 10.2 Å². The summed E-state index contributed by atoms with van der Waals surface area (Å²) in [7, 11) is 0. The number of thioether (sulfide) groups is 1. The van der Waals surface area contributed by atoms with E-state index in [1.54, 1.807) is 0 Å². The third-order valence-corrected chi connectivity index (χ3v) is 5.64. The summed E-state index contributed by atoms with van der Waals surface area (Å²) in [6, 6.07) is 5.93. The molecule has 2 amide bonds. The van der Waals surface area contributed by atoms with E-state index < -0.39 is 5.41 Å². The summed E-state index contributed by atoms with van der Waals surface area (Å²) in [4.78, 5) is 38.3. The van der Waals surface area contributed by atoms with Gasteiger partial charge in [0.2, 0.25) is 11.8 Å². The summed E-state index contributed by atoms with van der Waals surface area (Å²) < 4.78 is 0. The molecule has 0 aliphatic carbocycles. The zero-order chi connectivity index (χ0) is 20.4. The van der Waals surface area contributed by atoms with Gasteiger partial charge in [-0.2, -0.15) is 0 Å². The molecule has 2 rings (SSSR count). The highest BCUT2D eigenvalue weighted by atomic mass is 32.2. The Hall–Kier alpha value is -2.08.